The number of hydrogen-bond donors (Lipinski definition) is 1. The lowest BCUT2D eigenvalue weighted by molar-refractivity contribution is -0.134. The Hall–Kier alpha value is -1.77. The highest BCUT2D eigenvalue weighted by molar-refractivity contribution is 6.43. The molecule has 94 valence electrons. The molecule has 0 aliphatic heterocycles. The van der Waals surface area contributed by atoms with Crippen LogP contribution in [0.15, 0.2) is 23.3 Å². The lowest BCUT2D eigenvalue weighted by atomic mass is 10.3. The van der Waals surface area contributed by atoms with E-state index in [1.165, 1.54) is 6.07 Å². The first kappa shape index (κ1) is 14.3. The van der Waals surface area contributed by atoms with Crippen LogP contribution < -0.4 is 5.43 Å². The summed E-state index contributed by atoms with van der Waals surface area (Å²) in [6, 6.07) is 6.33. The van der Waals surface area contributed by atoms with Crippen LogP contribution >= 0.6 is 23.2 Å². The van der Waals surface area contributed by atoms with E-state index in [0.29, 0.717) is 15.7 Å². The maximum atomic E-state index is 11.3. The standard InChI is InChI=1S/C11H9Cl2N3O2/c1-2-18-11(17)10(6-14)16-15-7-3-4-8(12)9(13)5-7/h3-5,15H,2H2,1H3/b16-10-. The van der Waals surface area contributed by atoms with Gasteiger partial charge in [-0.2, -0.15) is 10.4 Å². The minimum Gasteiger partial charge on any atom is -0.461 e. The van der Waals surface area contributed by atoms with Gasteiger partial charge < -0.3 is 4.74 Å². The second-order valence-corrected chi connectivity index (χ2v) is 3.85. The molecule has 1 aromatic carbocycles. The normalized spacial score (nSPS) is 10.7. The number of nitrogens with zero attached hydrogens (tertiary/aromatic N) is 2. The van der Waals surface area contributed by atoms with E-state index in [4.69, 9.17) is 28.5 Å². The van der Waals surface area contributed by atoms with E-state index in [1.807, 2.05) is 0 Å². The SMILES string of the molecule is CCOC(=O)/C(C#N)=N\Nc1ccc(Cl)c(Cl)c1. The number of nitriles is 1. The summed E-state index contributed by atoms with van der Waals surface area (Å²) in [4.78, 5) is 11.3. The third kappa shape index (κ3) is 3.91. The summed E-state index contributed by atoms with van der Waals surface area (Å²) < 4.78 is 4.65. The fraction of sp³-hybridized carbons (Fsp3) is 0.182. The largest absolute Gasteiger partial charge is 0.461 e. The van der Waals surface area contributed by atoms with Crippen molar-refractivity contribution in [2.75, 3.05) is 12.0 Å². The third-order valence-corrected chi connectivity index (χ3v) is 2.53. The summed E-state index contributed by atoms with van der Waals surface area (Å²) in [5.74, 6) is -0.785. The van der Waals surface area contributed by atoms with Gasteiger partial charge in [0.2, 0.25) is 5.71 Å². The number of rotatable bonds is 4. The molecule has 1 rings (SSSR count). The minimum absolute atomic E-state index is 0.173. The molecule has 0 fully saturated rings. The molecule has 0 saturated heterocycles. The number of carbonyl (C=O) groups is 1. The van der Waals surface area contributed by atoms with Gasteiger partial charge in [-0.1, -0.05) is 23.2 Å². The van der Waals surface area contributed by atoms with Gasteiger partial charge in [-0.15, -0.1) is 0 Å². The fourth-order valence-corrected chi connectivity index (χ4v) is 1.30. The van der Waals surface area contributed by atoms with Crippen molar-refractivity contribution in [1.82, 2.24) is 0 Å². The van der Waals surface area contributed by atoms with Crippen molar-refractivity contribution in [3.63, 3.8) is 0 Å². The average Bonchev–Trinajstić information content (AvgIpc) is 2.34. The van der Waals surface area contributed by atoms with Crippen LogP contribution in [0.4, 0.5) is 5.69 Å². The molecule has 0 spiro atoms. The molecule has 0 aliphatic carbocycles. The molecule has 0 radical (unpaired) electrons. The first-order chi connectivity index (χ1) is 8.58. The molecule has 0 saturated carbocycles. The van der Waals surface area contributed by atoms with E-state index >= 15 is 0 Å². The van der Waals surface area contributed by atoms with E-state index in [-0.39, 0.29) is 12.3 Å². The number of anilines is 1. The number of esters is 1. The molecular formula is C11H9Cl2N3O2. The van der Waals surface area contributed by atoms with Crippen molar-refractivity contribution in [3.8, 4) is 6.07 Å². The molecule has 0 heterocycles. The zero-order chi connectivity index (χ0) is 13.5. The molecule has 0 unspecified atom stereocenters. The maximum Gasteiger partial charge on any atom is 0.369 e. The van der Waals surface area contributed by atoms with Gasteiger partial charge in [0.15, 0.2) is 0 Å². The summed E-state index contributed by atoms with van der Waals surface area (Å²) in [7, 11) is 0. The molecule has 0 amide bonds. The molecule has 0 aromatic heterocycles. The molecule has 0 atom stereocenters. The van der Waals surface area contributed by atoms with Gasteiger partial charge in [-0.25, -0.2) is 4.79 Å². The predicted molar refractivity (Wildman–Crippen MR) is 69.8 cm³/mol. The van der Waals surface area contributed by atoms with Gasteiger partial charge in [-0.05, 0) is 25.1 Å². The summed E-state index contributed by atoms with van der Waals surface area (Å²) in [5.41, 5.74) is 2.65. The number of hydrazone groups is 1. The van der Waals surface area contributed by atoms with Crippen molar-refractivity contribution in [2.45, 2.75) is 6.92 Å². The summed E-state index contributed by atoms with van der Waals surface area (Å²) >= 11 is 11.5. The summed E-state index contributed by atoms with van der Waals surface area (Å²) in [5, 5.41) is 13.1. The Morgan fingerprint density at radius 1 is 1.50 bits per heavy atom. The van der Waals surface area contributed by atoms with Gasteiger partial charge in [0.05, 0.1) is 22.3 Å². The molecule has 1 aromatic rings. The highest BCUT2D eigenvalue weighted by Gasteiger charge is 2.11. The lowest BCUT2D eigenvalue weighted by Crippen LogP contribution is -2.17. The van der Waals surface area contributed by atoms with Crippen LogP contribution in [0.1, 0.15) is 6.92 Å². The Morgan fingerprint density at radius 2 is 2.22 bits per heavy atom. The van der Waals surface area contributed by atoms with Crippen molar-refractivity contribution < 1.29 is 9.53 Å². The Morgan fingerprint density at radius 3 is 2.78 bits per heavy atom. The minimum atomic E-state index is -0.785. The number of nitrogens with one attached hydrogen (secondary N) is 1. The molecule has 1 N–H and O–H groups in total. The van der Waals surface area contributed by atoms with Crippen LogP contribution in [-0.2, 0) is 9.53 Å². The van der Waals surface area contributed by atoms with Crippen molar-refractivity contribution in [3.05, 3.63) is 28.2 Å². The summed E-state index contributed by atoms with van der Waals surface area (Å²) in [6.45, 7) is 1.81. The van der Waals surface area contributed by atoms with Crippen molar-refractivity contribution >= 4 is 40.6 Å². The van der Waals surface area contributed by atoms with E-state index in [0.717, 1.165) is 0 Å². The van der Waals surface area contributed by atoms with Gasteiger partial charge in [0.25, 0.3) is 0 Å². The highest BCUT2D eigenvalue weighted by atomic mass is 35.5. The van der Waals surface area contributed by atoms with Crippen LogP contribution in [0, 0.1) is 11.3 Å². The van der Waals surface area contributed by atoms with E-state index in [1.54, 1.807) is 25.1 Å². The molecule has 0 bridgehead atoms. The van der Waals surface area contributed by atoms with Crippen LogP contribution in [-0.4, -0.2) is 18.3 Å². The predicted octanol–water partition coefficient (Wildman–Crippen LogP) is 2.85. The molecule has 5 nitrogen and oxygen atoms in total. The quantitative estimate of drug-likeness (QED) is 0.524. The number of benzene rings is 1. The fourth-order valence-electron chi connectivity index (χ4n) is 1.00. The molecular weight excluding hydrogens is 277 g/mol. The van der Waals surface area contributed by atoms with Crippen LogP contribution in [0.3, 0.4) is 0 Å². The molecule has 0 aliphatic rings. The highest BCUT2D eigenvalue weighted by Crippen LogP contribution is 2.24. The second kappa shape index (κ2) is 6.84. The van der Waals surface area contributed by atoms with Crippen LogP contribution in [0.5, 0.6) is 0 Å². The Kier molecular flexibility index (Phi) is 5.43. The van der Waals surface area contributed by atoms with Gasteiger partial charge in [0.1, 0.15) is 6.07 Å². The first-order valence-electron chi connectivity index (χ1n) is 4.94. The van der Waals surface area contributed by atoms with Crippen LogP contribution in [0.2, 0.25) is 10.0 Å². The zero-order valence-corrected chi connectivity index (χ0v) is 10.9. The van der Waals surface area contributed by atoms with Crippen LogP contribution in [0.25, 0.3) is 0 Å². The number of hydrogen-bond acceptors (Lipinski definition) is 5. The number of halogens is 2. The molecule has 18 heavy (non-hydrogen) atoms. The average molecular weight is 286 g/mol. The van der Waals surface area contributed by atoms with Gasteiger partial charge in [0, 0.05) is 0 Å². The second-order valence-electron chi connectivity index (χ2n) is 3.03. The number of ether oxygens (including phenoxy) is 1. The first-order valence-corrected chi connectivity index (χ1v) is 5.70. The van der Waals surface area contributed by atoms with Crippen molar-refractivity contribution in [2.24, 2.45) is 5.10 Å². The van der Waals surface area contributed by atoms with Gasteiger partial charge >= 0.3 is 5.97 Å². The Bertz CT molecular complexity index is 524. The van der Waals surface area contributed by atoms with E-state index in [9.17, 15) is 4.79 Å². The topological polar surface area (TPSA) is 74.5 Å². The number of carbonyl (C=O) groups excluding carboxylic acids is 1. The van der Waals surface area contributed by atoms with E-state index < -0.39 is 5.97 Å². The smallest absolute Gasteiger partial charge is 0.369 e. The van der Waals surface area contributed by atoms with E-state index in [2.05, 4.69) is 15.3 Å². The van der Waals surface area contributed by atoms with Crippen molar-refractivity contribution in [1.29, 1.82) is 5.26 Å². The summed E-state index contributed by atoms with van der Waals surface area (Å²) in [6.07, 6.45) is 0. The van der Waals surface area contributed by atoms with Gasteiger partial charge in [-0.3, -0.25) is 5.43 Å². The Balaban J connectivity index is 2.80. The Labute approximate surface area is 114 Å². The zero-order valence-electron chi connectivity index (χ0n) is 9.41. The maximum absolute atomic E-state index is 11.3. The monoisotopic (exact) mass is 285 g/mol. The molecule has 7 heteroatoms. The lowest BCUT2D eigenvalue weighted by Gasteiger charge is -2.03. The third-order valence-electron chi connectivity index (χ3n) is 1.79.